The van der Waals surface area contributed by atoms with Crippen molar-refractivity contribution >= 4 is 0 Å². The van der Waals surface area contributed by atoms with Crippen molar-refractivity contribution < 1.29 is 5.11 Å². The fourth-order valence-corrected chi connectivity index (χ4v) is 1.42. The van der Waals surface area contributed by atoms with E-state index in [1.54, 1.807) is 0 Å². The quantitative estimate of drug-likeness (QED) is 0.758. The minimum absolute atomic E-state index is 0.289. The first kappa shape index (κ1) is 10.3. The lowest BCUT2D eigenvalue weighted by Gasteiger charge is -2.12. The Bertz CT molecular complexity index is 252. The molecule has 0 amide bonds. The van der Waals surface area contributed by atoms with E-state index in [9.17, 15) is 5.11 Å². The molecule has 1 aromatic heterocycles. The van der Waals surface area contributed by atoms with Crippen LogP contribution in [0.15, 0.2) is 18.5 Å². The van der Waals surface area contributed by atoms with Gasteiger partial charge in [0.05, 0.1) is 6.10 Å². The summed E-state index contributed by atoms with van der Waals surface area (Å²) in [5.74, 6) is 0.289. The van der Waals surface area contributed by atoms with Gasteiger partial charge in [0, 0.05) is 18.9 Å². The summed E-state index contributed by atoms with van der Waals surface area (Å²) in [5, 5.41) is 9.77. The zero-order valence-electron chi connectivity index (χ0n) is 8.70. The normalized spacial score (nSPS) is 13.6. The molecule has 1 N–H and O–H groups in total. The highest BCUT2D eigenvalue weighted by Crippen LogP contribution is 2.21. The van der Waals surface area contributed by atoms with E-state index in [4.69, 9.17) is 0 Å². The molecule has 1 rings (SSSR count). The van der Waals surface area contributed by atoms with Crippen molar-refractivity contribution in [2.24, 2.45) is 5.92 Å². The third kappa shape index (κ3) is 2.59. The Morgan fingerprint density at radius 1 is 1.46 bits per heavy atom. The molecular weight excluding hydrogens is 162 g/mol. The zero-order valence-corrected chi connectivity index (χ0v) is 8.70. The third-order valence-electron chi connectivity index (χ3n) is 2.23. The highest BCUT2D eigenvalue weighted by molar-refractivity contribution is 5.13. The summed E-state index contributed by atoms with van der Waals surface area (Å²) >= 11 is 0. The Balaban J connectivity index is 2.67. The maximum absolute atomic E-state index is 9.77. The maximum Gasteiger partial charge on any atom is 0.0827 e. The van der Waals surface area contributed by atoms with E-state index in [1.165, 1.54) is 0 Å². The molecule has 1 heterocycles. The molecule has 0 fully saturated rings. The summed E-state index contributed by atoms with van der Waals surface area (Å²) in [5.41, 5.74) is 1.03. The number of hydrogen-bond acceptors (Lipinski definition) is 1. The van der Waals surface area contributed by atoms with Gasteiger partial charge in [-0.05, 0) is 24.0 Å². The molecule has 0 aliphatic heterocycles. The van der Waals surface area contributed by atoms with Gasteiger partial charge in [0.2, 0.25) is 0 Å². The number of hydrogen-bond donors (Lipinski definition) is 1. The number of rotatable bonds is 4. The second kappa shape index (κ2) is 4.47. The molecule has 1 aromatic rings. The smallest absolute Gasteiger partial charge is 0.0827 e. The summed E-state index contributed by atoms with van der Waals surface area (Å²) in [6.45, 7) is 7.24. The summed E-state index contributed by atoms with van der Waals surface area (Å²) in [6, 6.07) is 2.00. The molecule has 0 radical (unpaired) electrons. The number of aryl methyl sites for hydroxylation is 1. The van der Waals surface area contributed by atoms with Crippen molar-refractivity contribution in [2.75, 3.05) is 0 Å². The Morgan fingerprint density at radius 3 is 2.69 bits per heavy atom. The molecular formula is C11H19NO. The standard InChI is InChI=1S/C11H19NO/c1-4-6-12-7-5-10(8-12)11(13)9(2)3/h5,7-9,11,13H,4,6H2,1-3H3. The molecule has 2 nitrogen and oxygen atoms in total. The lowest BCUT2D eigenvalue weighted by molar-refractivity contribution is 0.127. The van der Waals surface area contributed by atoms with Crippen LogP contribution in [0.4, 0.5) is 0 Å². The fourth-order valence-electron chi connectivity index (χ4n) is 1.42. The topological polar surface area (TPSA) is 25.2 Å². The molecule has 0 aliphatic carbocycles. The molecule has 0 saturated heterocycles. The molecule has 0 saturated carbocycles. The van der Waals surface area contributed by atoms with Crippen molar-refractivity contribution in [2.45, 2.75) is 39.8 Å². The van der Waals surface area contributed by atoms with Crippen molar-refractivity contribution in [3.8, 4) is 0 Å². The average Bonchev–Trinajstić information content (AvgIpc) is 2.52. The molecule has 2 heteroatoms. The molecule has 1 atom stereocenters. The van der Waals surface area contributed by atoms with Gasteiger partial charge in [-0.2, -0.15) is 0 Å². The Hall–Kier alpha value is -0.760. The van der Waals surface area contributed by atoms with E-state index in [0.717, 1.165) is 18.5 Å². The molecule has 0 aromatic carbocycles. The summed E-state index contributed by atoms with van der Waals surface area (Å²) in [6.07, 6.45) is 4.88. The van der Waals surface area contributed by atoms with Gasteiger partial charge in [-0.15, -0.1) is 0 Å². The first-order valence-corrected chi connectivity index (χ1v) is 4.99. The Kier molecular flexibility index (Phi) is 3.55. The predicted molar refractivity (Wildman–Crippen MR) is 54.5 cm³/mol. The van der Waals surface area contributed by atoms with Gasteiger partial charge in [-0.3, -0.25) is 0 Å². The molecule has 74 valence electrons. The first-order valence-electron chi connectivity index (χ1n) is 4.99. The highest BCUT2D eigenvalue weighted by Gasteiger charge is 2.12. The minimum atomic E-state index is -0.321. The Morgan fingerprint density at radius 2 is 2.15 bits per heavy atom. The van der Waals surface area contributed by atoms with Gasteiger partial charge in [0.1, 0.15) is 0 Å². The van der Waals surface area contributed by atoms with Crippen LogP contribution < -0.4 is 0 Å². The molecule has 0 bridgehead atoms. The van der Waals surface area contributed by atoms with Crippen LogP contribution in [0.5, 0.6) is 0 Å². The van der Waals surface area contributed by atoms with Crippen molar-refractivity contribution in [1.29, 1.82) is 0 Å². The lowest BCUT2D eigenvalue weighted by Crippen LogP contribution is -2.04. The first-order chi connectivity index (χ1) is 6.15. The van der Waals surface area contributed by atoms with Gasteiger partial charge in [0.25, 0.3) is 0 Å². The van der Waals surface area contributed by atoms with Gasteiger partial charge < -0.3 is 9.67 Å². The van der Waals surface area contributed by atoms with Crippen LogP contribution in [-0.2, 0) is 6.54 Å². The van der Waals surface area contributed by atoms with E-state index in [1.807, 2.05) is 32.3 Å². The van der Waals surface area contributed by atoms with Crippen LogP contribution in [0, 0.1) is 5.92 Å². The van der Waals surface area contributed by atoms with Crippen LogP contribution in [0.25, 0.3) is 0 Å². The highest BCUT2D eigenvalue weighted by atomic mass is 16.3. The van der Waals surface area contributed by atoms with Gasteiger partial charge >= 0.3 is 0 Å². The van der Waals surface area contributed by atoms with Crippen LogP contribution in [0.2, 0.25) is 0 Å². The van der Waals surface area contributed by atoms with Gasteiger partial charge in [-0.25, -0.2) is 0 Å². The second-order valence-corrected chi connectivity index (χ2v) is 3.87. The molecule has 0 spiro atoms. The number of nitrogens with zero attached hydrogens (tertiary/aromatic N) is 1. The maximum atomic E-state index is 9.77. The zero-order chi connectivity index (χ0) is 9.84. The Labute approximate surface area is 80.2 Å². The van der Waals surface area contributed by atoms with Crippen molar-refractivity contribution in [3.63, 3.8) is 0 Å². The summed E-state index contributed by atoms with van der Waals surface area (Å²) in [4.78, 5) is 0. The number of aliphatic hydroxyl groups is 1. The van der Waals surface area contributed by atoms with Crippen molar-refractivity contribution in [3.05, 3.63) is 24.0 Å². The van der Waals surface area contributed by atoms with E-state index < -0.39 is 0 Å². The predicted octanol–water partition coefficient (Wildman–Crippen LogP) is 2.59. The van der Waals surface area contributed by atoms with Crippen LogP contribution in [0.3, 0.4) is 0 Å². The minimum Gasteiger partial charge on any atom is -0.388 e. The second-order valence-electron chi connectivity index (χ2n) is 3.87. The van der Waals surface area contributed by atoms with E-state index >= 15 is 0 Å². The molecule has 0 aliphatic rings. The SMILES string of the molecule is CCCn1ccc(C(O)C(C)C)c1. The summed E-state index contributed by atoms with van der Waals surface area (Å²) < 4.78 is 2.13. The van der Waals surface area contributed by atoms with Gasteiger partial charge in [0.15, 0.2) is 0 Å². The fraction of sp³-hybridized carbons (Fsp3) is 0.636. The number of aromatic nitrogens is 1. The van der Waals surface area contributed by atoms with E-state index in [0.29, 0.717) is 0 Å². The average molecular weight is 181 g/mol. The van der Waals surface area contributed by atoms with Crippen molar-refractivity contribution in [1.82, 2.24) is 4.57 Å². The third-order valence-corrected chi connectivity index (χ3v) is 2.23. The van der Waals surface area contributed by atoms with E-state index in [2.05, 4.69) is 11.5 Å². The molecule has 13 heavy (non-hydrogen) atoms. The summed E-state index contributed by atoms with van der Waals surface area (Å²) in [7, 11) is 0. The lowest BCUT2D eigenvalue weighted by atomic mass is 10.0. The van der Waals surface area contributed by atoms with Crippen LogP contribution >= 0.6 is 0 Å². The number of aliphatic hydroxyl groups excluding tert-OH is 1. The van der Waals surface area contributed by atoms with E-state index in [-0.39, 0.29) is 12.0 Å². The largest absolute Gasteiger partial charge is 0.388 e. The monoisotopic (exact) mass is 181 g/mol. The molecule has 1 unspecified atom stereocenters. The van der Waals surface area contributed by atoms with Crippen LogP contribution in [0.1, 0.15) is 38.9 Å². The van der Waals surface area contributed by atoms with Crippen LogP contribution in [-0.4, -0.2) is 9.67 Å². The van der Waals surface area contributed by atoms with Gasteiger partial charge in [-0.1, -0.05) is 20.8 Å².